The van der Waals surface area contributed by atoms with Gasteiger partial charge in [-0.25, -0.2) is 9.79 Å². The van der Waals surface area contributed by atoms with Crippen molar-refractivity contribution >= 4 is 23.5 Å². The Balaban J connectivity index is 1.69. The predicted octanol–water partition coefficient (Wildman–Crippen LogP) is 1.99. The number of amides is 1. The second-order valence-electron chi connectivity index (χ2n) is 7.76. The molecule has 0 saturated carbocycles. The zero-order chi connectivity index (χ0) is 23.3. The van der Waals surface area contributed by atoms with Gasteiger partial charge in [-0.2, -0.15) is 0 Å². The molecule has 3 rings (SSSR count). The summed E-state index contributed by atoms with van der Waals surface area (Å²) in [5.74, 6) is -0.0782. The van der Waals surface area contributed by atoms with Gasteiger partial charge in [-0.3, -0.25) is 9.69 Å². The quantitative estimate of drug-likeness (QED) is 0.305. The van der Waals surface area contributed by atoms with E-state index in [0.29, 0.717) is 41.7 Å². The van der Waals surface area contributed by atoms with Crippen molar-refractivity contribution in [1.29, 1.82) is 0 Å². The smallest absolute Gasteiger partial charge is 0.343 e. The van der Waals surface area contributed by atoms with Gasteiger partial charge in [-0.1, -0.05) is 0 Å². The first-order valence-corrected chi connectivity index (χ1v) is 10.4. The number of hydrogen-bond donors (Lipinski definition) is 2. The fourth-order valence-corrected chi connectivity index (χ4v) is 3.51. The molecular formula is C23H29N5O4. The molecule has 0 unspecified atom stereocenters. The van der Waals surface area contributed by atoms with Crippen molar-refractivity contribution in [2.24, 2.45) is 16.5 Å². The Hall–Kier alpha value is -3.59. The van der Waals surface area contributed by atoms with E-state index < -0.39 is 5.97 Å². The number of carbonyl (C=O) groups is 2. The van der Waals surface area contributed by atoms with Gasteiger partial charge in [0, 0.05) is 38.3 Å². The van der Waals surface area contributed by atoms with Crippen LogP contribution in [0.5, 0.6) is 11.5 Å². The van der Waals surface area contributed by atoms with Crippen LogP contribution in [0.3, 0.4) is 0 Å². The van der Waals surface area contributed by atoms with Crippen LogP contribution in [-0.2, 0) is 0 Å². The third kappa shape index (κ3) is 5.55. The zero-order valence-corrected chi connectivity index (χ0v) is 18.6. The van der Waals surface area contributed by atoms with Gasteiger partial charge in [0.15, 0.2) is 5.96 Å². The molecule has 9 heteroatoms. The molecule has 2 aromatic rings. The Labute approximate surface area is 187 Å². The van der Waals surface area contributed by atoms with Crippen LogP contribution < -0.4 is 20.9 Å². The van der Waals surface area contributed by atoms with E-state index in [-0.39, 0.29) is 17.6 Å². The third-order valence-electron chi connectivity index (χ3n) is 5.31. The number of ether oxygens (including phenoxy) is 2. The molecule has 0 aliphatic carbocycles. The Morgan fingerprint density at radius 1 is 1.00 bits per heavy atom. The van der Waals surface area contributed by atoms with Crippen molar-refractivity contribution in [2.45, 2.75) is 19.9 Å². The Kier molecular flexibility index (Phi) is 7.32. The summed E-state index contributed by atoms with van der Waals surface area (Å²) in [7, 11) is 1.48. The maximum Gasteiger partial charge on any atom is 0.343 e. The van der Waals surface area contributed by atoms with E-state index in [4.69, 9.17) is 20.9 Å². The van der Waals surface area contributed by atoms with Gasteiger partial charge < -0.3 is 25.8 Å². The van der Waals surface area contributed by atoms with Gasteiger partial charge >= 0.3 is 5.97 Å². The Morgan fingerprint density at radius 2 is 1.66 bits per heavy atom. The third-order valence-corrected chi connectivity index (χ3v) is 5.31. The molecule has 0 bridgehead atoms. The van der Waals surface area contributed by atoms with Gasteiger partial charge in [-0.05, 0) is 50.2 Å². The predicted molar refractivity (Wildman–Crippen MR) is 122 cm³/mol. The molecule has 1 aliphatic heterocycles. The summed E-state index contributed by atoms with van der Waals surface area (Å²) >= 11 is 0. The van der Waals surface area contributed by atoms with E-state index in [0.717, 1.165) is 13.1 Å². The Morgan fingerprint density at radius 3 is 2.22 bits per heavy atom. The lowest BCUT2D eigenvalue weighted by Gasteiger charge is -2.37. The fraction of sp³-hybridized carbons (Fsp3) is 0.348. The van der Waals surface area contributed by atoms with Crippen molar-refractivity contribution < 1.29 is 19.1 Å². The lowest BCUT2D eigenvalue weighted by molar-refractivity contribution is 0.0592. The van der Waals surface area contributed by atoms with Gasteiger partial charge in [0.05, 0.1) is 23.9 Å². The molecule has 1 aliphatic rings. The van der Waals surface area contributed by atoms with Crippen LogP contribution in [0.25, 0.3) is 0 Å². The number of esters is 1. The van der Waals surface area contributed by atoms with E-state index in [9.17, 15) is 9.59 Å². The first-order chi connectivity index (χ1) is 15.3. The highest BCUT2D eigenvalue weighted by Gasteiger charge is 2.25. The number of aliphatic imine (C=N–C) groups is 1. The van der Waals surface area contributed by atoms with Crippen LogP contribution in [0.15, 0.2) is 47.5 Å². The van der Waals surface area contributed by atoms with Gasteiger partial charge in [0.2, 0.25) is 0 Å². The van der Waals surface area contributed by atoms with Crippen LogP contribution in [0, 0.1) is 0 Å². The van der Waals surface area contributed by atoms with Gasteiger partial charge in [0.25, 0.3) is 5.91 Å². The summed E-state index contributed by atoms with van der Waals surface area (Å²) in [6, 6.07) is 11.6. The highest BCUT2D eigenvalue weighted by molar-refractivity contribution is 5.97. The molecule has 1 amide bonds. The van der Waals surface area contributed by atoms with Crippen LogP contribution in [-0.4, -0.2) is 67.0 Å². The minimum absolute atomic E-state index is 0.0659. The molecule has 4 N–H and O–H groups in total. The van der Waals surface area contributed by atoms with Gasteiger partial charge in [-0.15, -0.1) is 0 Å². The van der Waals surface area contributed by atoms with Crippen molar-refractivity contribution in [1.82, 2.24) is 9.80 Å². The summed E-state index contributed by atoms with van der Waals surface area (Å²) in [4.78, 5) is 33.6. The maximum absolute atomic E-state index is 13.0. The van der Waals surface area contributed by atoms with Crippen LogP contribution in [0.1, 0.15) is 34.6 Å². The second kappa shape index (κ2) is 10.1. The van der Waals surface area contributed by atoms with Crippen LogP contribution in [0.2, 0.25) is 0 Å². The second-order valence-corrected chi connectivity index (χ2v) is 7.76. The minimum Gasteiger partial charge on any atom is -0.496 e. The lowest BCUT2D eigenvalue weighted by atomic mass is 10.1. The number of nitrogens with zero attached hydrogens (tertiary/aromatic N) is 3. The molecule has 1 fully saturated rings. The SMILES string of the molecule is COc1cc(OC(=O)c2ccc(N=C(N)N)cc2)ccc1C(=O)N1CCN(C(C)C)CC1. The highest BCUT2D eigenvalue weighted by atomic mass is 16.5. The molecule has 0 spiro atoms. The van der Waals surface area contributed by atoms with Crippen LogP contribution >= 0.6 is 0 Å². The van der Waals surface area contributed by atoms with E-state index in [1.165, 1.54) is 7.11 Å². The molecule has 0 atom stereocenters. The number of guanidine groups is 1. The first-order valence-electron chi connectivity index (χ1n) is 10.4. The Bertz CT molecular complexity index is 992. The summed E-state index contributed by atoms with van der Waals surface area (Å²) in [5.41, 5.74) is 12.0. The number of methoxy groups -OCH3 is 1. The molecule has 170 valence electrons. The van der Waals surface area contributed by atoms with Crippen molar-refractivity contribution in [2.75, 3.05) is 33.3 Å². The van der Waals surface area contributed by atoms with Crippen LogP contribution in [0.4, 0.5) is 5.69 Å². The minimum atomic E-state index is -0.549. The molecule has 1 saturated heterocycles. The molecule has 32 heavy (non-hydrogen) atoms. The number of piperazine rings is 1. The van der Waals surface area contributed by atoms with E-state index in [1.54, 1.807) is 42.5 Å². The molecule has 9 nitrogen and oxygen atoms in total. The summed E-state index contributed by atoms with van der Waals surface area (Å²) in [6.07, 6.45) is 0. The number of nitrogens with two attached hydrogens (primary N) is 2. The number of carbonyl (C=O) groups excluding carboxylic acids is 2. The first kappa shape index (κ1) is 23.1. The number of rotatable bonds is 6. The average Bonchev–Trinajstić information content (AvgIpc) is 2.78. The molecule has 0 aromatic heterocycles. The standard InChI is InChI=1S/C23H29N5O4/c1-15(2)27-10-12-28(13-11-27)21(29)19-9-8-18(14-20(19)31-3)32-22(30)16-4-6-17(7-5-16)26-23(24)25/h4-9,14-15H,10-13H2,1-3H3,(H4,24,25,26). The number of benzene rings is 2. The van der Waals surface area contributed by atoms with E-state index in [2.05, 4.69) is 23.7 Å². The molecule has 0 radical (unpaired) electrons. The molecule has 1 heterocycles. The monoisotopic (exact) mass is 439 g/mol. The summed E-state index contributed by atoms with van der Waals surface area (Å²) < 4.78 is 10.9. The molecule has 2 aromatic carbocycles. The van der Waals surface area contributed by atoms with E-state index in [1.807, 2.05) is 4.90 Å². The molecular weight excluding hydrogens is 410 g/mol. The fourth-order valence-electron chi connectivity index (χ4n) is 3.51. The van der Waals surface area contributed by atoms with Crippen molar-refractivity contribution in [3.63, 3.8) is 0 Å². The highest BCUT2D eigenvalue weighted by Crippen LogP contribution is 2.27. The summed E-state index contributed by atoms with van der Waals surface area (Å²) in [6.45, 7) is 7.30. The normalized spacial score (nSPS) is 14.2. The maximum atomic E-state index is 13.0. The van der Waals surface area contributed by atoms with E-state index >= 15 is 0 Å². The van der Waals surface area contributed by atoms with Gasteiger partial charge in [0.1, 0.15) is 11.5 Å². The van der Waals surface area contributed by atoms with Crippen molar-refractivity contribution in [3.8, 4) is 11.5 Å². The average molecular weight is 440 g/mol. The largest absolute Gasteiger partial charge is 0.496 e. The summed E-state index contributed by atoms with van der Waals surface area (Å²) in [5, 5.41) is 0. The topological polar surface area (TPSA) is 123 Å². The number of hydrogen-bond acceptors (Lipinski definition) is 6. The lowest BCUT2D eigenvalue weighted by Crippen LogP contribution is -2.50. The van der Waals surface area contributed by atoms with Crippen molar-refractivity contribution in [3.05, 3.63) is 53.6 Å². The zero-order valence-electron chi connectivity index (χ0n) is 18.6.